The van der Waals surface area contributed by atoms with Crippen LogP contribution in [0.5, 0.6) is 0 Å². The number of aromatic nitrogens is 4. The highest BCUT2D eigenvalue weighted by molar-refractivity contribution is 6.05. The Labute approximate surface area is 103 Å². The van der Waals surface area contributed by atoms with Gasteiger partial charge in [0.05, 0.1) is 6.20 Å². The number of H-pyrrole nitrogens is 1. The second-order valence-corrected chi connectivity index (χ2v) is 4.00. The topological polar surface area (TPSA) is 75.6 Å². The molecule has 90 valence electrons. The van der Waals surface area contributed by atoms with Crippen molar-refractivity contribution < 1.29 is 4.79 Å². The Balaban J connectivity index is 1.87. The third-order valence-corrected chi connectivity index (χ3v) is 2.62. The summed E-state index contributed by atoms with van der Waals surface area (Å²) in [5, 5.41) is 11.2. The van der Waals surface area contributed by atoms with Gasteiger partial charge in [0.1, 0.15) is 5.69 Å². The molecule has 0 aliphatic rings. The fourth-order valence-corrected chi connectivity index (χ4v) is 1.78. The summed E-state index contributed by atoms with van der Waals surface area (Å²) in [6.07, 6.45) is 1.64. The lowest BCUT2D eigenvalue weighted by atomic mass is 10.2. The summed E-state index contributed by atoms with van der Waals surface area (Å²) in [6, 6.07) is 9.53. The highest BCUT2D eigenvalue weighted by Crippen LogP contribution is 2.15. The van der Waals surface area contributed by atoms with Crippen LogP contribution in [0.4, 0.5) is 5.82 Å². The molecule has 2 N–H and O–H groups in total. The molecule has 0 unspecified atom stereocenters. The van der Waals surface area contributed by atoms with Crippen molar-refractivity contribution in [3.8, 4) is 0 Å². The van der Waals surface area contributed by atoms with Gasteiger partial charge >= 0.3 is 0 Å². The molecule has 6 nitrogen and oxygen atoms in total. The maximum atomic E-state index is 12.0. The molecule has 0 saturated heterocycles. The molecular weight excluding hydrogens is 230 g/mol. The zero-order valence-electron chi connectivity index (χ0n) is 9.71. The minimum absolute atomic E-state index is 0.230. The third kappa shape index (κ3) is 1.84. The van der Waals surface area contributed by atoms with Gasteiger partial charge in [-0.3, -0.25) is 9.48 Å². The number of hydrogen-bond donors (Lipinski definition) is 2. The van der Waals surface area contributed by atoms with E-state index in [0.717, 1.165) is 10.9 Å². The lowest BCUT2D eigenvalue weighted by molar-refractivity contribution is 0.102. The van der Waals surface area contributed by atoms with Crippen LogP contribution in [0.3, 0.4) is 0 Å². The number of nitrogens with zero attached hydrogens (tertiary/aromatic N) is 3. The summed E-state index contributed by atoms with van der Waals surface area (Å²) >= 11 is 0. The van der Waals surface area contributed by atoms with Crippen molar-refractivity contribution in [1.82, 2.24) is 20.0 Å². The molecule has 0 aliphatic carbocycles. The minimum Gasteiger partial charge on any atom is -0.351 e. The molecule has 3 rings (SSSR count). The molecule has 3 aromatic rings. The number of aromatic amines is 1. The molecule has 0 spiro atoms. The van der Waals surface area contributed by atoms with E-state index < -0.39 is 0 Å². The standard InChI is InChI=1S/C12H11N5O/c1-17-7-11(15-16-17)14-12(18)10-6-8-4-2-3-5-9(8)13-10/h2-7,13H,1H3,(H,14,18). The summed E-state index contributed by atoms with van der Waals surface area (Å²) in [6.45, 7) is 0. The summed E-state index contributed by atoms with van der Waals surface area (Å²) in [5.74, 6) is 0.202. The summed E-state index contributed by atoms with van der Waals surface area (Å²) in [5.41, 5.74) is 1.43. The molecule has 2 aromatic heterocycles. The lowest BCUT2D eigenvalue weighted by Crippen LogP contribution is -2.12. The molecule has 0 radical (unpaired) electrons. The van der Waals surface area contributed by atoms with Gasteiger partial charge in [0, 0.05) is 18.0 Å². The number of aryl methyl sites for hydroxylation is 1. The van der Waals surface area contributed by atoms with Crippen molar-refractivity contribution in [2.24, 2.45) is 7.05 Å². The Kier molecular flexibility index (Phi) is 2.33. The zero-order chi connectivity index (χ0) is 12.5. The number of para-hydroxylation sites is 1. The molecule has 6 heteroatoms. The molecule has 1 aromatic carbocycles. The Bertz CT molecular complexity index is 679. The maximum Gasteiger partial charge on any atom is 0.273 e. The van der Waals surface area contributed by atoms with Crippen LogP contribution in [0.15, 0.2) is 36.5 Å². The molecule has 0 bridgehead atoms. The van der Waals surface area contributed by atoms with Gasteiger partial charge in [-0.25, -0.2) is 0 Å². The van der Waals surface area contributed by atoms with Crippen molar-refractivity contribution in [3.05, 3.63) is 42.2 Å². The molecule has 2 heterocycles. The number of nitrogens with one attached hydrogen (secondary N) is 2. The van der Waals surface area contributed by atoms with E-state index in [4.69, 9.17) is 0 Å². The Morgan fingerprint density at radius 2 is 2.22 bits per heavy atom. The van der Waals surface area contributed by atoms with Crippen LogP contribution in [-0.4, -0.2) is 25.9 Å². The van der Waals surface area contributed by atoms with Crippen molar-refractivity contribution in [2.45, 2.75) is 0 Å². The number of benzene rings is 1. The van der Waals surface area contributed by atoms with Gasteiger partial charge in [-0.15, -0.1) is 5.10 Å². The van der Waals surface area contributed by atoms with E-state index in [1.165, 1.54) is 4.68 Å². The van der Waals surface area contributed by atoms with Crippen LogP contribution >= 0.6 is 0 Å². The maximum absolute atomic E-state index is 12.0. The van der Waals surface area contributed by atoms with E-state index in [9.17, 15) is 4.79 Å². The predicted molar refractivity (Wildman–Crippen MR) is 67.3 cm³/mol. The summed E-state index contributed by atoms with van der Waals surface area (Å²) < 4.78 is 1.53. The van der Waals surface area contributed by atoms with Gasteiger partial charge in [-0.05, 0) is 12.1 Å². The van der Waals surface area contributed by atoms with Crippen molar-refractivity contribution in [3.63, 3.8) is 0 Å². The summed E-state index contributed by atoms with van der Waals surface area (Å²) in [4.78, 5) is 15.0. The van der Waals surface area contributed by atoms with Crippen LogP contribution in [0, 0.1) is 0 Å². The largest absolute Gasteiger partial charge is 0.351 e. The number of amides is 1. The van der Waals surface area contributed by atoms with Crippen LogP contribution in [0.25, 0.3) is 10.9 Å². The van der Waals surface area contributed by atoms with Gasteiger partial charge in [0.15, 0.2) is 5.82 Å². The average molecular weight is 241 g/mol. The third-order valence-electron chi connectivity index (χ3n) is 2.62. The SMILES string of the molecule is Cn1cc(NC(=O)c2cc3ccccc3[nH]2)nn1. The molecule has 0 aliphatic heterocycles. The molecule has 18 heavy (non-hydrogen) atoms. The Hall–Kier alpha value is -2.63. The van der Waals surface area contributed by atoms with E-state index in [2.05, 4.69) is 20.6 Å². The van der Waals surface area contributed by atoms with Gasteiger partial charge in [-0.1, -0.05) is 23.4 Å². The highest BCUT2D eigenvalue weighted by atomic mass is 16.2. The Morgan fingerprint density at radius 1 is 1.39 bits per heavy atom. The van der Waals surface area contributed by atoms with Crippen molar-refractivity contribution in [1.29, 1.82) is 0 Å². The molecule has 1 amide bonds. The quantitative estimate of drug-likeness (QED) is 0.714. The Morgan fingerprint density at radius 3 is 2.94 bits per heavy atom. The normalized spacial score (nSPS) is 10.7. The fourth-order valence-electron chi connectivity index (χ4n) is 1.78. The first-order valence-corrected chi connectivity index (χ1v) is 5.48. The first-order chi connectivity index (χ1) is 8.72. The van der Waals surface area contributed by atoms with Gasteiger partial charge in [0.25, 0.3) is 5.91 Å². The lowest BCUT2D eigenvalue weighted by Gasteiger charge is -1.97. The number of carbonyl (C=O) groups excluding carboxylic acids is 1. The molecule has 0 atom stereocenters. The van der Waals surface area contributed by atoms with Crippen molar-refractivity contribution in [2.75, 3.05) is 5.32 Å². The zero-order valence-corrected chi connectivity index (χ0v) is 9.71. The van der Waals surface area contributed by atoms with Crippen LogP contribution < -0.4 is 5.32 Å². The first-order valence-electron chi connectivity index (χ1n) is 5.48. The van der Waals surface area contributed by atoms with E-state index >= 15 is 0 Å². The smallest absolute Gasteiger partial charge is 0.273 e. The van der Waals surface area contributed by atoms with Crippen molar-refractivity contribution >= 4 is 22.6 Å². The van der Waals surface area contributed by atoms with Gasteiger partial charge in [0.2, 0.25) is 0 Å². The molecule has 0 saturated carbocycles. The summed E-state index contributed by atoms with van der Waals surface area (Å²) in [7, 11) is 1.74. The second kappa shape index (κ2) is 3.99. The highest BCUT2D eigenvalue weighted by Gasteiger charge is 2.10. The second-order valence-electron chi connectivity index (χ2n) is 4.00. The van der Waals surface area contributed by atoms with E-state index in [0.29, 0.717) is 11.5 Å². The van der Waals surface area contributed by atoms with E-state index in [1.807, 2.05) is 24.3 Å². The number of anilines is 1. The van der Waals surface area contributed by atoms with Crippen LogP contribution in [0.2, 0.25) is 0 Å². The van der Waals surface area contributed by atoms with Crippen LogP contribution in [0.1, 0.15) is 10.5 Å². The number of hydrogen-bond acceptors (Lipinski definition) is 3. The minimum atomic E-state index is -0.230. The molecular formula is C12H11N5O. The average Bonchev–Trinajstić information content (AvgIpc) is 2.95. The molecule has 0 fully saturated rings. The number of rotatable bonds is 2. The van der Waals surface area contributed by atoms with Gasteiger partial charge < -0.3 is 10.3 Å². The van der Waals surface area contributed by atoms with E-state index in [-0.39, 0.29) is 5.91 Å². The first kappa shape index (κ1) is 10.5. The van der Waals surface area contributed by atoms with E-state index in [1.54, 1.807) is 19.3 Å². The monoisotopic (exact) mass is 241 g/mol. The van der Waals surface area contributed by atoms with Crippen LogP contribution in [-0.2, 0) is 7.05 Å². The fraction of sp³-hybridized carbons (Fsp3) is 0.0833. The predicted octanol–water partition coefficient (Wildman–Crippen LogP) is 1.55. The number of carbonyl (C=O) groups is 1. The number of fused-ring (bicyclic) bond motifs is 1. The van der Waals surface area contributed by atoms with Gasteiger partial charge in [-0.2, -0.15) is 0 Å².